The molecule has 3 aromatic carbocycles. The Balaban J connectivity index is 1.43. The highest BCUT2D eigenvalue weighted by atomic mass is 32.2. The largest absolute Gasteiger partial charge is 0.457 e. The highest BCUT2D eigenvalue weighted by molar-refractivity contribution is 8.18. The van der Waals surface area contributed by atoms with Gasteiger partial charge in [0.2, 0.25) is 0 Å². The van der Waals surface area contributed by atoms with Crippen LogP contribution in [-0.4, -0.2) is 20.9 Å². The third-order valence-corrected chi connectivity index (χ3v) is 6.32. The fourth-order valence-corrected chi connectivity index (χ4v) is 4.55. The molecule has 2 heterocycles. The molecule has 35 heavy (non-hydrogen) atoms. The molecule has 0 saturated carbocycles. The highest BCUT2D eigenvalue weighted by Gasteiger charge is 2.33. The number of furan rings is 1. The van der Waals surface area contributed by atoms with Gasteiger partial charge in [-0.1, -0.05) is 48.5 Å². The van der Waals surface area contributed by atoms with Gasteiger partial charge < -0.3 is 4.42 Å². The molecule has 5 rings (SSSR count). The van der Waals surface area contributed by atoms with Gasteiger partial charge in [-0.3, -0.25) is 19.8 Å². The molecule has 1 aliphatic heterocycles. The Morgan fingerprint density at radius 3 is 2.29 bits per heavy atom. The van der Waals surface area contributed by atoms with Crippen molar-refractivity contribution in [3.8, 4) is 11.3 Å². The summed E-state index contributed by atoms with van der Waals surface area (Å²) in [6.45, 7) is 0.405. The van der Waals surface area contributed by atoms with E-state index in [1.54, 1.807) is 35.2 Å². The fraction of sp³-hybridized carbons (Fsp3) is 0.0370. The number of carbonyl (C=O) groups excluding carboxylic acids is 1. The molecule has 0 unspecified atom stereocenters. The predicted molar refractivity (Wildman–Crippen MR) is 137 cm³/mol. The average Bonchev–Trinajstić information content (AvgIpc) is 3.46. The predicted octanol–water partition coefficient (Wildman–Crippen LogP) is 6.66. The van der Waals surface area contributed by atoms with E-state index in [1.165, 1.54) is 23.9 Å². The number of nitro benzene ring substituents is 1. The Hall–Kier alpha value is -4.43. The first-order valence-electron chi connectivity index (χ1n) is 10.8. The van der Waals surface area contributed by atoms with Crippen LogP contribution in [0.15, 0.2) is 111 Å². The van der Waals surface area contributed by atoms with E-state index in [0.29, 0.717) is 33.7 Å². The van der Waals surface area contributed by atoms with E-state index in [0.717, 1.165) is 11.3 Å². The maximum absolute atomic E-state index is 13.3. The van der Waals surface area contributed by atoms with Crippen LogP contribution in [0, 0.1) is 10.1 Å². The van der Waals surface area contributed by atoms with E-state index in [2.05, 4.69) is 0 Å². The summed E-state index contributed by atoms with van der Waals surface area (Å²) in [5, 5.41) is 11.5. The molecule has 0 bridgehead atoms. The van der Waals surface area contributed by atoms with Gasteiger partial charge in [-0.05, 0) is 53.7 Å². The van der Waals surface area contributed by atoms with Gasteiger partial charge in [-0.2, -0.15) is 0 Å². The van der Waals surface area contributed by atoms with Crippen molar-refractivity contribution in [1.29, 1.82) is 0 Å². The summed E-state index contributed by atoms with van der Waals surface area (Å²) >= 11 is 1.30. The van der Waals surface area contributed by atoms with E-state index < -0.39 is 4.92 Å². The van der Waals surface area contributed by atoms with Crippen LogP contribution in [0.1, 0.15) is 11.3 Å². The Morgan fingerprint density at radius 1 is 0.914 bits per heavy atom. The van der Waals surface area contributed by atoms with Crippen molar-refractivity contribution in [2.75, 3.05) is 0 Å². The summed E-state index contributed by atoms with van der Waals surface area (Å²) in [6.07, 6.45) is 1.70. The summed E-state index contributed by atoms with van der Waals surface area (Å²) in [5.74, 6) is 0.915. The summed E-state index contributed by atoms with van der Waals surface area (Å²) < 4.78 is 5.92. The molecule has 0 spiro atoms. The van der Waals surface area contributed by atoms with Crippen LogP contribution in [-0.2, 0) is 11.3 Å². The molecule has 1 saturated heterocycles. The molecule has 4 aromatic rings. The lowest BCUT2D eigenvalue weighted by molar-refractivity contribution is -0.384. The minimum atomic E-state index is -0.444. The van der Waals surface area contributed by atoms with E-state index in [1.807, 2.05) is 60.7 Å². The van der Waals surface area contributed by atoms with Crippen LogP contribution in [0.4, 0.5) is 11.4 Å². The number of hydrogen-bond donors (Lipinski definition) is 0. The van der Waals surface area contributed by atoms with Gasteiger partial charge in [0.1, 0.15) is 11.5 Å². The number of nitro groups is 1. The van der Waals surface area contributed by atoms with Gasteiger partial charge in [0.25, 0.3) is 11.6 Å². The third-order valence-electron chi connectivity index (χ3n) is 5.32. The number of benzene rings is 3. The van der Waals surface area contributed by atoms with E-state index in [9.17, 15) is 14.9 Å². The molecule has 1 aliphatic rings. The van der Waals surface area contributed by atoms with Crippen molar-refractivity contribution in [3.63, 3.8) is 0 Å². The second-order valence-corrected chi connectivity index (χ2v) is 8.73. The molecule has 172 valence electrons. The molecule has 1 amide bonds. The summed E-state index contributed by atoms with van der Waals surface area (Å²) in [4.78, 5) is 30.7. The topological polar surface area (TPSA) is 88.9 Å². The first-order valence-corrected chi connectivity index (χ1v) is 11.6. The van der Waals surface area contributed by atoms with Gasteiger partial charge in [0.15, 0.2) is 5.17 Å². The van der Waals surface area contributed by atoms with Crippen LogP contribution in [0.25, 0.3) is 17.4 Å². The first-order chi connectivity index (χ1) is 17.1. The van der Waals surface area contributed by atoms with Crippen LogP contribution >= 0.6 is 11.8 Å². The molecule has 0 atom stereocenters. The van der Waals surface area contributed by atoms with Gasteiger partial charge in [0.05, 0.1) is 22.1 Å². The highest BCUT2D eigenvalue weighted by Crippen LogP contribution is 2.36. The molecular formula is C27H19N3O4S. The number of carbonyl (C=O) groups is 1. The van der Waals surface area contributed by atoms with Gasteiger partial charge in [-0.25, -0.2) is 4.99 Å². The standard InChI is InChI=1S/C27H19N3O4S/c31-26-25(17-23-15-16-24(34-23)20-11-13-22(14-12-20)30(32)33)35-27(28-21-9-5-2-6-10-21)29(26)18-19-7-3-1-4-8-19/h1-17H,18H2/b25-17-,28-27?. The van der Waals surface area contributed by atoms with Crippen LogP contribution in [0.2, 0.25) is 0 Å². The SMILES string of the molecule is O=C1/C(=C/c2ccc(-c3ccc([N+](=O)[O-])cc3)o2)SC(=Nc2ccccc2)N1Cc1ccccc1. The van der Waals surface area contributed by atoms with Crippen molar-refractivity contribution >= 4 is 40.3 Å². The Bertz CT molecular complexity index is 1430. The molecule has 1 fully saturated rings. The number of para-hydroxylation sites is 1. The quantitative estimate of drug-likeness (QED) is 0.175. The summed E-state index contributed by atoms with van der Waals surface area (Å²) in [6, 6.07) is 29.0. The molecule has 0 aliphatic carbocycles. The molecule has 1 aromatic heterocycles. The summed E-state index contributed by atoms with van der Waals surface area (Å²) in [5.41, 5.74) is 2.49. The monoisotopic (exact) mass is 481 g/mol. The van der Waals surface area contributed by atoms with Crippen molar-refractivity contribution in [2.45, 2.75) is 6.54 Å². The minimum absolute atomic E-state index is 0.0133. The zero-order valence-electron chi connectivity index (χ0n) is 18.4. The number of aliphatic imine (C=N–C) groups is 1. The lowest BCUT2D eigenvalue weighted by Gasteiger charge is -2.15. The average molecular weight is 482 g/mol. The second-order valence-electron chi connectivity index (χ2n) is 7.72. The second kappa shape index (κ2) is 9.82. The van der Waals surface area contributed by atoms with E-state index >= 15 is 0 Å². The van der Waals surface area contributed by atoms with Crippen molar-refractivity contribution in [1.82, 2.24) is 4.90 Å². The van der Waals surface area contributed by atoms with Gasteiger partial charge in [-0.15, -0.1) is 0 Å². The zero-order valence-corrected chi connectivity index (χ0v) is 19.2. The Morgan fingerprint density at radius 2 is 1.60 bits per heavy atom. The first kappa shape index (κ1) is 22.4. The fourth-order valence-electron chi connectivity index (χ4n) is 3.57. The van der Waals surface area contributed by atoms with E-state index in [4.69, 9.17) is 9.41 Å². The minimum Gasteiger partial charge on any atom is -0.457 e. The molecule has 0 N–H and O–H groups in total. The molecule has 7 nitrogen and oxygen atoms in total. The van der Waals surface area contributed by atoms with Crippen molar-refractivity contribution in [2.24, 2.45) is 4.99 Å². The van der Waals surface area contributed by atoms with Crippen LogP contribution in [0.5, 0.6) is 0 Å². The van der Waals surface area contributed by atoms with Gasteiger partial charge in [0, 0.05) is 23.8 Å². The normalized spacial score (nSPS) is 15.8. The maximum atomic E-state index is 13.3. The molecule has 0 radical (unpaired) electrons. The zero-order chi connectivity index (χ0) is 24.2. The lowest BCUT2D eigenvalue weighted by Crippen LogP contribution is -2.28. The summed E-state index contributed by atoms with van der Waals surface area (Å²) in [7, 11) is 0. The number of amides is 1. The van der Waals surface area contributed by atoms with Crippen molar-refractivity contribution in [3.05, 3.63) is 123 Å². The number of amidine groups is 1. The number of non-ortho nitro benzene ring substituents is 1. The van der Waals surface area contributed by atoms with Crippen LogP contribution in [0.3, 0.4) is 0 Å². The molecular weight excluding hydrogens is 462 g/mol. The lowest BCUT2D eigenvalue weighted by atomic mass is 10.1. The van der Waals surface area contributed by atoms with Crippen molar-refractivity contribution < 1.29 is 14.1 Å². The number of nitrogens with zero attached hydrogens (tertiary/aromatic N) is 3. The number of thioether (sulfide) groups is 1. The van der Waals surface area contributed by atoms with E-state index in [-0.39, 0.29) is 11.6 Å². The Kier molecular flexibility index (Phi) is 6.28. The third kappa shape index (κ3) is 5.07. The van der Waals surface area contributed by atoms with Gasteiger partial charge >= 0.3 is 0 Å². The van der Waals surface area contributed by atoms with Crippen LogP contribution < -0.4 is 0 Å². The number of hydrogen-bond acceptors (Lipinski definition) is 6. The Labute approximate surface area is 205 Å². The number of rotatable bonds is 6. The smallest absolute Gasteiger partial charge is 0.269 e. The maximum Gasteiger partial charge on any atom is 0.269 e. The molecule has 8 heteroatoms.